The molecule has 0 aliphatic heterocycles. The SMILES string of the molecule is COC(=O)C(N)c1cnccc1C. The topological polar surface area (TPSA) is 65.2 Å². The Morgan fingerprint density at radius 1 is 1.69 bits per heavy atom. The van der Waals surface area contributed by atoms with Crippen LogP contribution in [0.25, 0.3) is 0 Å². The van der Waals surface area contributed by atoms with Gasteiger partial charge in [0, 0.05) is 18.0 Å². The summed E-state index contributed by atoms with van der Waals surface area (Å²) >= 11 is 0. The second-order valence-electron chi connectivity index (χ2n) is 2.73. The molecule has 1 atom stereocenters. The van der Waals surface area contributed by atoms with Crippen LogP contribution in [0.4, 0.5) is 0 Å². The lowest BCUT2D eigenvalue weighted by molar-refractivity contribution is -0.142. The molecule has 0 saturated carbocycles. The average Bonchev–Trinajstić information content (AvgIpc) is 2.16. The highest BCUT2D eigenvalue weighted by Crippen LogP contribution is 2.14. The monoisotopic (exact) mass is 180 g/mol. The van der Waals surface area contributed by atoms with E-state index in [0.717, 1.165) is 5.56 Å². The maximum atomic E-state index is 11.1. The van der Waals surface area contributed by atoms with E-state index in [4.69, 9.17) is 5.73 Å². The molecule has 1 aromatic heterocycles. The Kier molecular flexibility index (Phi) is 2.97. The summed E-state index contributed by atoms with van der Waals surface area (Å²) in [4.78, 5) is 15.0. The number of nitrogens with zero attached hydrogens (tertiary/aromatic N) is 1. The molecule has 13 heavy (non-hydrogen) atoms. The largest absolute Gasteiger partial charge is 0.468 e. The molecule has 1 rings (SSSR count). The summed E-state index contributed by atoms with van der Waals surface area (Å²) in [5.74, 6) is -0.448. The molecule has 4 nitrogen and oxygen atoms in total. The molecule has 4 heteroatoms. The fourth-order valence-corrected chi connectivity index (χ4v) is 1.06. The van der Waals surface area contributed by atoms with E-state index in [0.29, 0.717) is 5.56 Å². The van der Waals surface area contributed by atoms with Crippen LogP contribution in [0.2, 0.25) is 0 Å². The zero-order valence-electron chi connectivity index (χ0n) is 7.65. The van der Waals surface area contributed by atoms with Crippen molar-refractivity contribution in [2.24, 2.45) is 5.73 Å². The first-order valence-electron chi connectivity index (χ1n) is 3.90. The van der Waals surface area contributed by atoms with Gasteiger partial charge in [0.15, 0.2) is 0 Å². The highest BCUT2D eigenvalue weighted by molar-refractivity contribution is 5.77. The van der Waals surface area contributed by atoms with Gasteiger partial charge in [-0.05, 0) is 18.6 Å². The Morgan fingerprint density at radius 2 is 2.38 bits per heavy atom. The average molecular weight is 180 g/mol. The van der Waals surface area contributed by atoms with Crippen molar-refractivity contribution < 1.29 is 9.53 Å². The lowest BCUT2D eigenvalue weighted by Gasteiger charge is -2.10. The van der Waals surface area contributed by atoms with Gasteiger partial charge in [-0.25, -0.2) is 0 Å². The highest BCUT2D eigenvalue weighted by atomic mass is 16.5. The summed E-state index contributed by atoms with van der Waals surface area (Å²) in [6.45, 7) is 1.87. The number of aryl methyl sites for hydroxylation is 1. The van der Waals surface area contributed by atoms with Crippen LogP contribution in [-0.4, -0.2) is 18.1 Å². The second-order valence-corrected chi connectivity index (χ2v) is 2.73. The number of carbonyl (C=O) groups excluding carboxylic acids is 1. The van der Waals surface area contributed by atoms with Gasteiger partial charge in [0.1, 0.15) is 6.04 Å². The lowest BCUT2D eigenvalue weighted by Crippen LogP contribution is -2.23. The Bertz CT molecular complexity index is 312. The molecule has 0 amide bonds. The number of aromatic nitrogens is 1. The molecule has 0 aliphatic rings. The van der Waals surface area contributed by atoms with E-state index in [1.165, 1.54) is 7.11 Å². The van der Waals surface area contributed by atoms with Crippen molar-refractivity contribution in [1.29, 1.82) is 0 Å². The first kappa shape index (κ1) is 9.67. The standard InChI is InChI=1S/C9H12N2O2/c1-6-3-4-11-5-7(6)8(10)9(12)13-2/h3-5,8H,10H2,1-2H3. The molecule has 1 aromatic rings. The summed E-state index contributed by atoms with van der Waals surface area (Å²) in [6, 6.07) is 1.07. The van der Waals surface area contributed by atoms with Gasteiger partial charge in [0.2, 0.25) is 0 Å². The summed E-state index contributed by atoms with van der Waals surface area (Å²) in [7, 11) is 1.31. The Balaban J connectivity index is 2.95. The van der Waals surface area contributed by atoms with Crippen LogP contribution >= 0.6 is 0 Å². The molecule has 0 radical (unpaired) electrons. The Morgan fingerprint density at radius 3 is 2.92 bits per heavy atom. The van der Waals surface area contributed by atoms with E-state index >= 15 is 0 Å². The van der Waals surface area contributed by atoms with Crippen LogP contribution in [0.15, 0.2) is 18.5 Å². The molecule has 70 valence electrons. The van der Waals surface area contributed by atoms with Gasteiger partial charge >= 0.3 is 5.97 Å². The molecule has 0 aromatic carbocycles. The van der Waals surface area contributed by atoms with E-state index in [2.05, 4.69) is 9.72 Å². The van der Waals surface area contributed by atoms with Crippen LogP contribution in [-0.2, 0) is 9.53 Å². The van der Waals surface area contributed by atoms with Gasteiger partial charge in [-0.3, -0.25) is 9.78 Å². The van der Waals surface area contributed by atoms with E-state index in [1.807, 2.05) is 6.92 Å². The van der Waals surface area contributed by atoms with Crippen LogP contribution in [0.3, 0.4) is 0 Å². The van der Waals surface area contributed by atoms with E-state index in [-0.39, 0.29) is 0 Å². The number of methoxy groups -OCH3 is 1. The number of ether oxygens (including phenoxy) is 1. The van der Waals surface area contributed by atoms with Crippen LogP contribution in [0.1, 0.15) is 17.2 Å². The number of carbonyl (C=O) groups is 1. The number of hydrogen-bond acceptors (Lipinski definition) is 4. The lowest BCUT2D eigenvalue weighted by atomic mass is 10.1. The third-order valence-electron chi connectivity index (χ3n) is 1.87. The fourth-order valence-electron chi connectivity index (χ4n) is 1.06. The summed E-state index contributed by atoms with van der Waals surface area (Å²) in [5.41, 5.74) is 7.28. The van der Waals surface area contributed by atoms with Gasteiger partial charge in [0.25, 0.3) is 0 Å². The van der Waals surface area contributed by atoms with E-state index in [1.54, 1.807) is 18.5 Å². The maximum absolute atomic E-state index is 11.1. The Hall–Kier alpha value is -1.42. The molecule has 0 fully saturated rings. The van der Waals surface area contributed by atoms with Crippen molar-refractivity contribution in [2.45, 2.75) is 13.0 Å². The normalized spacial score (nSPS) is 12.2. The third-order valence-corrected chi connectivity index (χ3v) is 1.87. The molecule has 0 bridgehead atoms. The molecule has 1 heterocycles. The summed E-state index contributed by atoms with van der Waals surface area (Å²) in [6.07, 6.45) is 3.24. The predicted molar refractivity (Wildman–Crippen MR) is 47.9 cm³/mol. The minimum absolute atomic E-state index is 0.448. The number of hydrogen-bond donors (Lipinski definition) is 1. The zero-order valence-corrected chi connectivity index (χ0v) is 7.65. The molecule has 1 unspecified atom stereocenters. The van der Waals surface area contributed by atoms with Crippen LogP contribution < -0.4 is 5.73 Å². The second kappa shape index (κ2) is 4.00. The van der Waals surface area contributed by atoms with Crippen molar-refractivity contribution >= 4 is 5.97 Å². The van der Waals surface area contributed by atoms with Crippen molar-refractivity contribution in [3.8, 4) is 0 Å². The maximum Gasteiger partial charge on any atom is 0.327 e. The molecule has 0 saturated heterocycles. The molecule has 2 N–H and O–H groups in total. The van der Waals surface area contributed by atoms with Gasteiger partial charge in [0.05, 0.1) is 7.11 Å². The number of esters is 1. The highest BCUT2D eigenvalue weighted by Gasteiger charge is 2.17. The summed E-state index contributed by atoms with van der Waals surface area (Å²) < 4.78 is 4.53. The molecule has 0 spiro atoms. The van der Waals surface area contributed by atoms with Crippen molar-refractivity contribution in [2.75, 3.05) is 7.11 Å². The van der Waals surface area contributed by atoms with Gasteiger partial charge in [-0.15, -0.1) is 0 Å². The van der Waals surface area contributed by atoms with Crippen molar-refractivity contribution in [1.82, 2.24) is 4.98 Å². The fraction of sp³-hybridized carbons (Fsp3) is 0.333. The van der Waals surface area contributed by atoms with Gasteiger partial charge in [-0.2, -0.15) is 0 Å². The predicted octanol–water partition coefficient (Wildman–Crippen LogP) is 0.563. The zero-order chi connectivity index (χ0) is 9.84. The Labute approximate surface area is 76.7 Å². The third kappa shape index (κ3) is 2.03. The van der Waals surface area contributed by atoms with E-state index < -0.39 is 12.0 Å². The number of nitrogens with two attached hydrogens (primary N) is 1. The first-order chi connectivity index (χ1) is 6.16. The smallest absolute Gasteiger partial charge is 0.327 e. The quantitative estimate of drug-likeness (QED) is 0.675. The summed E-state index contributed by atoms with van der Waals surface area (Å²) in [5, 5.41) is 0. The number of pyridine rings is 1. The molecular formula is C9H12N2O2. The van der Waals surface area contributed by atoms with Crippen molar-refractivity contribution in [3.05, 3.63) is 29.6 Å². The van der Waals surface area contributed by atoms with E-state index in [9.17, 15) is 4.79 Å². The minimum Gasteiger partial charge on any atom is -0.468 e. The van der Waals surface area contributed by atoms with Gasteiger partial charge < -0.3 is 10.5 Å². The van der Waals surface area contributed by atoms with Crippen molar-refractivity contribution in [3.63, 3.8) is 0 Å². The van der Waals surface area contributed by atoms with Crippen LogP contribution in [0, 0.1) is 6.92 Å². The molecule has 0 aliphatic carbocycles. The molecular weight excluding hydrogens is 168 g/mol. The minimum atomic E-state index is -0.737. The first-order valence-corrected chi connectivity index (χ1v) is 3.90. The number of rotatable bonds is 2. The van der Waals surface area contributed by atoms with Gasteiger partial charge in [-0.1, -0.05) is 0 Å². The van der Waals surface area contributed by atoms with Crippen LogP contribution in [0.5, 0.6) is 0 Å².